The number of nitrogens with zero attached hydrogens (tertiary/aromatic N) is 1. The van der Waals surface area contributed by atoms with E-state index in [1.54, 1.807) is 20.3 Å². The van der Waals surface area contributed by atoms with Crippen LogP contribution in [0.1, 0.15) is 30.0 Å². The molecule has 2 aromatic rings. The highest BCUT2D eigenvalue weighted by Crippen LogP contribution is 2.33. The van der Waals surface area contributed by atoms with Gasteiger partial charge in [-0.25, -0.2) is 0 Å². The molecule has 0 bridgehead atoms. The van der Waals surface area contributed by atoms with Gasteiger partial charge in [0.25, 0.3) is 11.1 Å². The van der Waals surface area contributed by atoms with Crippen LogP contribution in [-0.4, -0.2) is 36.8 Å². The summed E-state index contributed by atoms with van der Waals surface area (Å²) in [6.45, 7) is 2.49. The smallest absolute Gasteiger partial charge is 0.293 e. The number of benzene rings is 2. The molecule has 2 aromatic carbocycles. The number of thioether (sulfide) groups is 1. The van der Waals surface area contributed by atoms with E-state index >= 15 is 0 Å². The summed E-state index contributed by atoms with van der Waals surface area (Å²) < 4.78 is 10.6. The first-order valence-corrected chi connectivity index (χ1v) is 10.4. The Balaban J connectivity index is 1.61. The van der Waals surface area contributed by atoms with Gasteiger partial charge in [0, 0.05) is 6.54 Å². The maximum Gasteiger partial charge on any atom is 0.293 e. The van der Waals surface area contributed by atoms with Gasteiger partial charge in [0.2, 0.25) is 0 Å². The fraction of sp³-hybridized carbons (Fsp3) is 0.304. The lowest BCUT2D eigenvalue weighted by Crippen LogP contribution is -2.29. The van der Waals surface area contributed by atoms with Crippen molar-refractivity contribution in [2.75, 3.05) is 20.8 Å². The third kappa shape index (κ3) is 5.01. The average Bonchev–Trinajstić information content (AvgIpc) is 3.01. The Morgan fingerprint density at radius 3 is 2.31 bits per heavy atom. The van der Waals surface area contributed by atoms with Crippen LogP contribution in [0.5, 0.6) is 11.5 Å². The van der Waals surface area contributed by atoms with Crippen LogP contribution in [0.4, 0.5) is 4.79 Å². The van der Waals surface area contributed by atoms with Gasteiger partial charge in [0.15, 0.2) is 11.5 Å². The minimum Gasteiger partial charge on any atom is -0.493 e. The minimum atomic E-state index is -0.216. The van der Waals surface area contributed by atoms with Crippen molar-refractivity contribution < 1.29 is 19.1 Å². The quantitative estimate of drug-likeness (QED) is 0.576. The van der Waals surface area contributed by atoms with Gasteiger partial charge in [-0.2, -0.15) is 0 Å². The fourth-order valence-electron chi connectivity index (χ4n) is 3.17. The minimum absolute atomic E-state index is 0.210. The fourth-order valence-corrected chi connectivity index (χ4v) is 4.04. The largest absolute Gasteiger partial charge is 0.493 e. The first-order chi connectivity index (χ1) is 14.0. The predicted molar refractivity (Wildman–Crippen MR) is 116 cm³/mol. The van der Waals surface area contributed by atoms with Crippen LogP contribution in [-0.2, 0) is 17.6 Å². The molecule has 1 fully saturated rings. The number of carbonyl (C=O) groups excluding carboxylic acids is 2. The monoisotopic (exact) mass is 411 g/mol. The normalized spacial score (nSPS) is 15.3. The van der Waals surface area contributed by atoms with E-state index in [1.165, 1.54) is 10.5 Å². The molecule has 1 aliphatic heterocycles. The number of hydrogen-bond acceptors (Lipinski definition) is 5. The van der Waals surface area contributed by atoms with Crippen LogP contribution in [0.15, 0.2) is 47.4 Å². The average molecular weight is 412 g/mol. The van der Waals surface area contributed by atoms with Gasteiger partial charge in [0.05, 0.1) is 19.1 Å². The molecule has 0 radical (unpaired) electrons. The zero-order valence-electron chi connectivity index (χ0n) is 16.9. The van der Waals surface area contributed by atoms with E-state index in [2.05, 4.69) is 6.92 Å². The van der Waals surface area contributed by atoms with Gasteiger partial charge in [0.1, 0.15) is 0 Å². The summed E-state index contributed by atoms with van der Waals surface area (Å²) in [6.07, 6.45) is 4.18. The number of amides is 2. The molecule has 2 amide bonds. The van der Waals surface area contributed by atoms with Gasteiger partial charge < -0.3 is 9.47 Å². The van der Waals surface area contributed by atoms with Gasteiger partial charge in [-0.3, -0.25) is 14.5 Å². The van der Waals surface area contributed by atoms with Crippen LogP contribution in [0.2, 0.25) is 0 Å². The third-order valence-electron chi connectivity index (χ3n) is 4.85. The summed E-state index contributed by atoms with van der Waals surface area (Å²) in [7, 11) is 3.20. The number of ether oxygens (including phenoxy) is 2. The van der Waals surface area contributed by atoms with Crippen LogP contribution in [0.25, 0.3) is 6.08 Å². The molecule has 3 rings (SSSR count). The molecule has 152 valence electrons. The Hall–Kier alpha value is -2.73. The van der Waals surface area contributed by atoms with Crippen molar-refractivity contribution in [2.24, 2.45) is 0 Å². The van der Waals surface area contributed by atoms with Crippen molar-refractivity contribution in [1.82, 2.24) is 4.90 Å². The van der Waals surface area contributed by atoms with Crippen molar-refractivity contribution in [2.45, 2.75) is 26.2 Å². The number of hydrogen-bond donors (Lipinski definition) is 0. The van der Waals surface area contributed by atoms with Crippen molar-refractivity contribution >= 4 is 29.0 Å². The topological polar surface area (TPSA) is 55.8 Å². The molecule has 0 unspecified atom stereocenters. The summed E-state index contributed by atoms with van der Waals surface area (Å²) in [6, 6.07) is 13.8. The SMILES string of the molecule is CCc1ccc(/C=C2\SC(=O)N(CCCc3ccc(OC)c(OC)c3)C2=O)cc1. The Morgan fingerprint density at radius 2 is 1.66 bits per heavy atom. The van der Waals surface area contributed by atoms with E-state index < -0.39 is 0 Å². The second kappa shape index (κ2) is 9.65. The first kappa shape index (κ1) is 21.0. The number of imide groups is 1. The zero-order chi connectivity index (χ0) is 20.8. The maximum absolute atomic E-state index is 12.6. The van der Waals surface area contributed by atoms with Gasteiger partial charge in [-0.15, -0.1) is 0 Å². The van der Waals surface area contributed by atoms with E-state index in [0.717, 1.165) is 35.7 Å². The Labute approximate surface area is 175 Å². The van der Waals surface area contributed by atoms with Crippen molar-refractivity contribution in [3.63, 3.8) is 0 Å². The molecule has 1 saturated heterocycles. The summed E-state index contributed by atoms with van der Waals surface area (Å²) in [5.74, 6) is 1.14. The molecule has 0 aliphatic carbocycles. The second-order valence-corrected chi connectivity index (χ2v) is 7.71. The molecule has 0 saturated carbocycles. The lowest BCUT2D eigenvalue weighted by molar-refractivity contribution is -0.122. The molecule has 0 atom stereocenters. The van der Waals surface area contributed by atoms with E-state index in [0.29, 0.717) is 29.4 Å². The molecule has 1 aliphatic rings. The summed E-state index contributed by atoms with van der Waals surface area (Å²) in [5.41, 5.74) is 3.24. The van der Waals surface area contributed by atoms with Crippen molar-refractivity contribution in [3.8, 4) is 11.5 Å². The second-order valence-electron chi connectivity index (χ2n) is 6.72. The summed E-state index contributed by atoms with van der Waals surface area (Å²) in [4.78, 5) is 26.8. The highest BCUT2D eigenvalue weighted by Gasteiger charge is 2.34. The summed E-state index contributed by atoms with van der Waals surface area (Å²) >= 11 is 1.01. The van der Waals surface area contributed by atoms with E-state index in [4.69, 9.17) is 9.47 Å². The standard InChI is InChI=1S/C23H25NO4S/c1-4-16-7-9-18(10-8-16)15-21-22(25)24(23(26)29-21)13-5-6-17-11-12-19(27-2)20(14-17)28-3/h7-12,14-15H,4-6,13H2,1-3H3/b21-15-. The number of aryl methyl sites for hydroxylation is 2. The molecule has 1 heterocycles. The zero-order valence-corrected chi connectivity index (χ0v) is 17.8. The number of carbonyl (C=O) groups is 2. The molecular weight excluding hydrogens is 386 g/mol. The molecule has 0 aromatic heterocycles. The van der Waals surface area contributed by atoms with Crippen LogP contribution >= 0.6 is 11.8 Å². The van der Waals surface area contributed by atoms with Crippen LogP contribution < -0.4 is 9.47 Å². The predicted octanol–water partition coefficient (Wildman–Crippen LogP) is 4.94. The number of rotatable bonds is 8. The van der Waals surface area contributed by atoms with Crippen molar-refractivity contribution in [3.05, 3.63) is 64.1 Å². The highest BCUT2D eigenvalue weighted by molar-refractivity contribution is 8.18. The molecular formula is C23H25NO4S. The van der Waals surface area contributed by atoms with Crippen LogP contribution in [0, 0.1) is 0 Å². The lowest BCUT2D eigenvalue weighted by Gasteiger charge is -2.13. The van der Waals surface area contributed by atoms with E-state index in [1.807, 2.05) is 42.5 Å². The van der Waals surface area contributed by atoms with Crippen molar-refractivity contribution in [1.29, 1.82) is 0 Å². The third-order valence-corrected chi connectivity index (χ3v) is 5.76. The molecule has 0 N–H and O–H groups in total. The Bertz CT molecular complexity index is 921. The van der Waals surface area contributed by atoms with E-state index in [9.17, 15) is 9.59 Å². The highest BCUT2D eigenvalue weighted by atomic mass is 32.2. The summed E-state index contributed by atoms with van der Waals surface area (Å²) in [5, 5.41) is -0.210. The number of methoxy groups -OCH3 is 2. The van der Waals surface area contributed by atoms with Gasteiger partial charge in [-0.05, 0) is 65.9 Å². The van der Waals surface area contributed by atoms with Gasteiger partial charge >= 0.3 is 0 Å². The van der Waals surface area contributed by atoms with E-state index in [-0.39, 0.29) is 11.1 Å². The first-order valence-electron chi connectivity index (χ1n) is 9.61. The molecule has 5 nitrogen and oxygen atoms in total. The van der Waals surface area contributed by atoms with Gasteiger partial charge in [-0.1, -0.05) is 37.3 Å². The molecule has 0 spiro atoms. The lowest BCUT2D eigenvalue weighted by atomic mass is 10.1. The Morgan fingerprint density at radius 1 is 0.966 bits per heavy atom. The molecule has 6 heteroatoms. The van der Waals surface area contributed by atoms with Crippen LogP contribution in [0.3, 0.4) is 0 Å². The Kier molecular flexibility index (Phi) is 6.99. The maximum atomic E-state index is 12.6. The molecule has 29 heavy (non-hydrogen) atoms.